The molecule has 0 saturated heterocycles. The minimum atomic E-state index is 0.214. The number of rotatable bonds is 7. The number of ketones is 1. The van der Waals surface area contributed by atoms with Crippen molar-refractivity contribution in [1.82, 2.24) is 14.9 Å². The molecule has 0 bridgehead atoms. The van der Waals surface area contributed by atoms with E-state index in [-0.39, 0.29) is 5.78 Å². The molecule has 0 aliphatic heterocycles. The summed E-state index contributed by atoms with van der Waals surface area (Å²) < 4.78 is 0. The number of Topliss-reactive ketones (excluding diaryl/α,β-unsaturated/α-hetero) is 1. The molecule has 2 aromatic rings. The molecule has 1 heterocycles. The van der Waals surface area contributed by atoms with E-state index in [1.807, 2.05) is 18.2 Å². The summed E-state index contributed by atoms with van der Waals surface area (Å²) in [6.07, 6.45) is 3.04. The Morgan fingerprint density at radius 3 is 2.76 bits per heavy atom. The number of hydrogen-bond acceptors (Lipinski definition) is 3. The first-order valence-corrected chi connectivity index (χ1v) is 7.96. The summed E-state index contributed by atoms with van der Waals surface area (Å²) in [4.78, 5) is 22.6. The van der Waals surface area contributed by atoms with E-state index in [4.69, 9.17) is 0 Å². The molecule has 4 heteroatoms. The van der Waals surface area contributed by atoms with Gasteiger partial charge in [0.2, 0.25) is 0 Å². The highest BCUT2D eigenvalue weighted by molar-refractivity contribution is 5.99. The summed E-state index contributed by atoms with van der Waals surface area (Å²) in [7, 11) is 0. The summed E-state index contributed by atoms with van der Waals surface area (Å²) in [6, 6.07) is 5.82. The fourth-order valence-corrected chi connectivity index (χ4v) is 2.70. The number of fused-ring (bicyclic) bond motifs is 1. The van der Waals surface area contributed by atoms with Crippen LogP contribution in [0.2, 0.25) is 0 Å². The molecule has 1 aliphatic rings. The van der Waals surface area contributed by atoms with Crippen molar-refractivity contribution in [2.45, 2.75) is 39.0 Å². The highest BCUT2D eigenvalue weighted by atomic mass is 16.1. The maximum Gasteiger partial charge on any atom is 0.164 e. The van der Waals surface area contributed by atoms with Crippen LogP contribution >= 0.6 is 0 Å². The second kappa shape index (κ2) is 5.98. The lowest BCUT2D eigenvalue weighted by molar-refractivity contribution is 0.0966. The third-order valence-electron chi connectivity index (χ3n) is 4.34. The third-order valence-corrected chi connectivity index (χ3v) is 4.34. The molecule has 1 saturated carbocycles. The largest absolute Gasteiger partial charge is 0.342 e. The van der Waals surface area contributed by atoms with E-state index >= 15 is 0 Å². The van der Waals surface area contributed by atoms with Crippen LogP contribution in [0.5, 0.6) is 0 Å². The highest BCUT2D eigenvalue weighted by Gasteiger charge is 2.26. The van der Waals surface area contributed by atoms with E-state index in [2.05, 4.69) is 28.7 Å². The quantitative estimate of drug-likeness (QED) is 0.794. The summed E-state index contributed by atoms with van der Waals surface area (Å²) in [5, 5.41) is 0. The standard InChI is InChI=1S/C17H23N3O/c1-3-20(4-2)10-9-16(21)13-7-8-14-15(11-13)19-17(18-14)12-5-6-12/h7-8,11-12H,3-6,9-10H2,1-2H3,(H,18,19). The molecule has 21 heavy (non-hydrogen) atoms. The number of imidazole rings is 1. The van der Waals surface area contributed by atoms with Gasteiger partial charge >= 0.3 is 0 Å². The number of hydrogen-bond donors (Lipinski definition) is 1. The van der Waals surface area contributed by atoms with Crippen LogP contribution in [0, 0.1) is 0 Å². The van der Waals surface area contributed by atoms with Crippen LogP contribution in [-0.4, -0.2) is 40.3 Å². The Morgan fingerprint density at radius 1 is 1.33 bits per heavy atom. The zero-order valence-electron chi connectivity index (χ0n) is 12.9. The van der Waals surface area contributed by atoms with Crippen molar-refractivity contribution >= 4 is 16.8 Å². The third kappa shape index (κ3) is 3.16. The first kappa shape index (κ1) is 14.3. The lowest BCUT2D eigenvalue weighted by Gasteiger charge is -2.16. The van der Waals surface area contributed by atoms with Crippen molar-refractivity contribution in [3.8, 4) is 0 Å². The predicted octanol–water partition coefficient (Wildman–Crippen LogP) is 3.35. The van der Waals surface area contributed by atoms with Crippen LogP contribution in [-0.2, 0) is 0 Å². The van der Waals surface area contributed by atoms with Crippen molar-refractivity contribution < 1.29 is 4.79 Å². The topological polar surface area (TPSA) is 49.0 Å². The number of H-pyrrole nitrogens is 1. The van der Waals surface area contributed by atoms with E-state index < -0.39 is 0 Å². The van der Waals surface area contributed by atoms with Crippen molar-refractivity contribution in [1.29, 1.82) is 0 Å². The molecule has 3 rings (SSSR count). The molecule has 0 spiro atoms. The van der Waals surface area contributed by atoms with Crippen molar-refractivity contribution in [3.05, 3.63) is 29.6 Å². The lowest BCUT2D eigenvalue weighted by atomic mass is 10.1. The Hall–Kier alpha value is -1.68. The van der Waals surface area contributed by atoms with Crippen molar-refractivity contribution in [2.24, 2.45) is 0 Å². The molecule has 0 amide bonds. The highest BCUT2D eigenvalue weighted by Crippen LogP contribution is 2.39. The van der Waals surface area contributed by atoms with Gasteiger partial charge in [0.15, 0.2) is 5.78 Å². The Balaban J connectivity index is 1.72. The zero-order valence-corrected chi connectivity index (χ0v) is 12.9. The molecule has 0 radical (unpaired) electrons. The van der Waals surface area contributed by atoms with Gasteiger partial charge in [0.1, 0.15) is 5.82 Å². The first-order valence-electron chi connectivity index (χ1n) is 7.96. The van der Waals surface area contributed by atoms with E-state index in [0.717, 1.165) is 42.1 Å². The summed E-state index contributed by atoms with van der Waals surface area (Å²) >= 11 is 0. The van der Waals surface area contributed by atoms with E-state index in [9.17, 15) is 4.79 Å². The van der Waals surface area contributed by atoms with Gasteiger partial charge < -0.3 is 9.88 Å². The SMILES string of the molecule is CCN(CC)CCC(=O)c1ccc2nc(C3CC3)[nH]c2c1. The normalized spacial score (nSPS) is 15.0. The van der Waals surface area contributed by atoms with Gasteiger partial charge in [-0.3, -0.25) is 4.79 Å². The van der Waals surface area contributed by atoms with Crippen molar-refractivity contribution in [3.63, 3.8) is 0 Å². The number of nitrogens with one attached hydrogen (secondary N) is 1. The monoisotopic (exact) mass is 285 g/mol. The molecule has 0 unspecified atom stereocenters. The Morgan fingerprint density at radius 2 is 2.10 bits per heavy atom. The predicted molar refractivity (Wildman–Crippen MR) is 84.8 cm³/mol. The van der Waals surface area contributed by atoms with Gasteiger partial charge in [-0.05, 0) is 44.1 Å². The van der Waals surface area contributed by atoms with Gasteiger partial charge in [-0.15, -0.1) is 0 Å². The maximum atomic E-state index is 12.3. The molecule has 1 fully saturated rings. The van der Waals surface area contributed by atoms with Crippen LogP contribution in [0.3, 0.4) is 0 Å². The average molecular weight is 285 g/mol. The number of carbonyl (C=O) groups is 1. The molecule has 0 atom stereocenters. The summed E-state index contributed by atoms with van der Waals surface area (Å²) in [5.41, 5.74) is 2.75. The fourth-order valence-electron chi connectivity index (χ4n) is 2.70. The van der Waals surface area contributed by atoms with Gasteiger partial charge in [0.05, 0.1) is 11.0 Å². The Bertz CT molecular complexity index is 639. The molecule has 1 aromatic carbocycles. The fraction of sp³-hybridized carbons (Fsp3) is 0.529. The zero-order chi connectivity index (χ0) is 14.8. The van der Waals surface area contributed by atoms with Gasteiger partial charge in [-0.2, -0.15) is 0 Å². The lowest BCUT2D eigenvalue weighted by Crippen LogP contribution is -2.25. The van der Waals surface area contributed by atoms with Crippen LogP contribution in [0.4, 0.5) is 0 Å². The van der Waals surface area contributed by atoms with Crippen LogP contribution in [0.1, 0.15) is 55.2 Å². The van der Waals surface area contributed by atoms with Gasteiger partial charge in [-0.1, -0.05) is 13.8 Å². The van der Waals surface area contributed by atoms with E-state index in [1.165, 1.54) is 12.8 Å². The second-order valence-electron chi connectivity index (χ2n) is 5.83. The van der Waals surface area contributed by atoms with E-state index in [1.54, 1.807) is 0 Å². The molecule has 1 N–H and O–H groups in total. The van der Waals surface area contributed by atoms with Crippen LogP contribution in [0.25, 0.3) is 11.0 Å². The van der Waals surface area contributed by atoms with Crippen LogP contribution < -0.4 is 0 Å². The second-order valence-corrected chi connectivity index (χ2v) is 5.83. The average Bonchev–Trinajstić information content (AvgIpc) is 3.27. The summed E-state index contributed by atoms with van der Waals surface area (Å²) in [6.45, 7) is 7.08. The minimum Gasteiger partial charge on any atom is -0.342 e. The number of aromatic amines is 1. The smallest absolute Gasteiger partial charge is 0.164 e. The Kier molecular flexibility index (Phi) is 4.06. The summed E-state index contributed by atoms with van der Waals surface area (Å²) in [5.74, 6) is 1.91. The number of aromatic nitrogens is 2. The molecule has 112 valence electrons. The number of benzene rings is 1. The molecule has 4 nitrogen and oxygen atoms in total. The van der Waals surface area contributed by atoms with Crippen LogP contribution in [0.15, 0.2) is 18.2 Å². The van der Waals surface area contributed by atoms with Gasteiger partial charge in [-0.25, -0.2) is 4.98 Å². The Labute approximate surface area is 125 Å². The van der Waals surface area contributed by atoms with Gasteiger partial charge in [0, 0.05) is 24.4 Å². The number of nitrogens with zero attached hydrogens (tertiary/aromatic N) is 2. The van der Waals surface area contributed by atoms with Crippen molar-refractivity contribution in [2.75, 3.05) is 19.6 Å². The molecule has 1 aromatic heterocycles. The molecular formula is C17H23N3O. The maximum absolute atomic E-state index is 12.3. The number of carbonyl (C=O) groups excluding carboxylic acids is 1. The molecule has 1 aliphatic carbocycles. The molecular weight excluding hydrogens is 262 g/mol. The minimum absolute atomic E-state index is 0.214. The van der Waals surface area contributed by atoms with E-state index in [0.29, 0.717) is 12.3 Å². The van der Waals surface area contributed by atoms with Gasteiger partial charge in [0.25, 0.3) is 0 Å². The first-order chi connectivity index (χ1) is 10.2.